The van der Waals surface area contributed by atoms with Gasteiger partial charge in [-0.1, -0.05) is 13.0 Å². The number of halogens is 2. The third-order valence-electron chi connectivity index (χ3n) is 3.34. The van der Waals surface area contributed by atoms with Crippen molar-refractivity contribution in [3.8, 4) is 0 Å². The molecule has 2 N–H and O–H groups in total. The number of rotatable bonds is 5. The monoisotopic (exact) mass is 241 g/mol. The van der Waals surface area contributed by atoms with Crippen molar-refractivity contribution in [3.63, 3.8) is 0 Å². The van der Waals surface area contributed by atoms with E-state index in [0.717, 1.165) is 24.6 Å². The Hall–Kier alpha value is -1.00. The topological polar surface area (TPSA) is 32.3 Å². The summed E-state index contributed by atoms with van der Waals surface area (Å²) in [5, 5.41) is 12.9. The fourth-order valence-corrected chi connectivity index (χ4v) is 1.97. The van der Waals surface area contributed by atoms with E-state index in [-0.39, 0.29) is 5.56 Å². The molecule has 2 nitrogen and oxygen atoms in total. The van der Waals surface area contributed by atoms with E-state index in [2.05, 4.69) is 12.2 Å². The highest BCUT2D eigenvalue weighted by Gasteiger charge is 2.31. The van der Waals surface area contributed by atoms with Crippen molar-refractivity contribution in [1.82, 2.24) is 5.32 Å². The van der Waals surface area contributed by atoms with E-state index in [4.69, 9.17) is 0 Å². The van der Waals surface area contributed by atoms with Gasteiger partial charge in [-0.25, -0.2) is 8.78 Å². The van der Waals surface area contributed by atoms with Gasteiger partial charge in [0.15, 0.2) is 0 Å². The molecule has 1 fully saturated rings. The standard InChI is InChI=1S/C13H17F2NO/c1-8-4-9(8)6-16-7-13(17)11-3-2-10(14)5-12(11)15/h2-3,5,8-9,13,16-17H,4,6-7H2,1H3. The van der Waals surface area contributed by atoms with E-state index in [9.17, 15) is 13.9 Å². The molecule has 0 heterocycles. The molecule has 0 aromatic heterocycles. The molecule has 0 aliphatic heterocycles. The highest BCUT2D eigenvalue weighted by Crippen LogP contribution is 2.36. The Morgan fingerprint density at radius 3 is 2.76 bits per heavy atom. The number of aliphatic hydroxyl groups excluding tert-OH is 1. The Morgan fingerprint density at radius 1 is 1.47 bits per heavy atom. The van der Waals surface area contributed by atoms with E-state index in [0.29, 0.717) is 12.5 Å². The number of hydrogen-bond acceptors (Lipinski definition) is 2. The van der Waals surface area contributed by atoms with Crippen molar-refractivity contribution < 1.29 is 13.9 Å². The molecule has 17 heavy (non-hydrogen) atoms. The SMILES string of the molecule is CC1CC1CNCC(O)c1ccc(F)cc1F. The van der Waals surface area contributed by atoms with Gasteiger partial charge in [-0.05, 0) is 30.9 Å². The normalized spacial score (nSPS) is 24.7. The molecule has 0 spiro atoms. The van der Waals surface area contributed by atoms with Gasteiger partial charge in [-0.3, -0.25) is 0 Å². The summed E-state index contributed by atoms with van der Waals surface area (Å²) >= 11 is 0. The largest absolute Gasteiger partial charge is 0.387 e. The number of benzene rings is 1. The molecule has 1 saturated carbocycles. The van der Waals surface area contributed by atoms with Crippen LogP contribution in [0.3, 0.4) is 0 Å². The summed E-state index contributed by atoms with van der Waals surface area (Å²) < 4.78 is 26.0. The summed E-state index contributed by atoms with van der Waals surface area (Å²) in [6, 6.07) is 3.24. The van der Waals surface area contributed by atoms with Crippen LogP contribution >= 0.6 is 0 Å². The minimum absolute atomic E-state index is 0.141. The molecule has 94 valence electrons. The van der Waals surface area contributed by atoms with Crippen molar-refractivity contribution in [2.24, 2.45) is 11.8 Å². The van der Waals surface area contributed by atoms with Gasteiger partial charge in [-0.15, -0.1) is 0 Å². The smallest absolute Gasteiger partial charge is 0.131 e. The maximum Gasteiger partial charge on any atom is 0.131 e. The second-order valence-electron chi connectivity index (χ2n) is 4.81. The van der Waals surface area contributed by atoms with Crippen LogP contribution in [0.2, 0.25) is 0 Å². The first-order chi connectivity index (χ1) is 8.08. The Kier molecular flexibility index (Phi) is 3.74. The first kappa shape index (κ1) is 12.5. The quantitative estimate of drug-likeness (QED) is 0.828. The van der Waals surface area contributed by atoms with Crippen LogP contribution in [0.5, 0.6) is 0 Å². The molecule has 1 aliphatic rings. The molecule has 1 aromatic carbocycles. The molecule has 4 heteroatoms. The summed E-state index contributed by atoms with van der Waals surface area (Å²) in [6.07, 6.45) is 0.290. The van der Waals surface area contributed by atoms with Gasteiger partial charge in [0.05, 0.1) is 6.10 Å². The Morgan fingerprint density at radius 2 is 2.18 bits per heavy atom. The minimum atomic E-state index is -0.926. The fraction of sp³-hybridized carbons (Fsp3) is 0.538. The lowest BCUT2D eigenvalue weighted by Gasteiger charge is -2.13. The third-order valence-corrected chi connectivity index (χ3v) is 3.34. The van der Waals surface area contributed by atoms with Gasteiger partial charge in [0.1, 0.15) is 11.6 Å². The van der Waals surface area contributed by atoms with Crippen molar-refractivity contribution in [1.29, 1.82) is 0 Å². The molecule has 0 radical (unpaired) electrons. The summed E-state index contributed by atoms with van der Waals surface area (Å²) in [7, 11) is 0. The lowest BCUT2D eigenvalue weighted by atomic mass is 10.1. The van der Waals surface area contributed by atoms with Gasteiger partial charge in [0.2, 0.25) is 0 Å². The lowest BCUT2D eigenvalue weighted by Crippen LogP contribution is -2.24. The van der Waals surface area contributed by atoms with Crippen molar-refractivity contribution >= 4 is 0 Å². The molecule has 2 rings (SSSR count). The second kappa shape index (κ2) is 5.10. The van der Waals surface area contributed by atoms with Gasteiger partial charge < -0.3 is 10.4 Å². The first-order valence-electron chi connectivity index (χ1n) is 5.91. The van der Waals surface area contributed by atoms with Gasteiger partial charge in [0, 0.05) is 18.2 Å². The molecular formula is C13H17F2NO. The zero-order valence-corrected chi connectivity index (χ0v) is 9.79. The van der Waals surface area contributed by atoms with E-state index in [1.807, 2.05) is 0 Å². The molecular weight excluding hydrogens is 224 g/mol. The first-order valence-corrected chi connectivity index (χ1v) is 5.91. The van der Waals surface area contributed by atoms with Crippen LogP contribution in [-0.4, -0.2) is 18.2 Å². The Bertz CT molecular complexity index is 397. The summed E-state index contributed by atoms with van der Waals surface area (Å²) in [5.41, 5.74) is 0.141. The minimum Gasteiger partial charge on any atom is -0.387 e. The Balaban J connectivity index is 1.83. The maximum atomic E-state index is 13.3. The van der Waals surface area contributed by atoms with Crippen LogP contribution in [0, 0.1) is 23.5 Å². The van der Waals surface area contributed by atoms with E-state index < -0.39 is 17.7 Å². The van der Waals surface area contributed by atoms with Gasteiger partial charge >= 0.3 is 0 Å². The predicted molar refractivity (Wildman–Crippen MR) is 61.5 cm³/mol. The summed E-state index contributed by atoms with van der Waals surface area (Å²) in [6.45, 7) is 3.33. The van der Waals surface area contributed by atoms with Crippen LogP contribution in [0.15, 0.2) is 18.2 Å². The van der Waals surface area contributed by atoms with Crippen molar-refractivity contribution in [2.45, 2.75) is 19.4 Å². The Labute approximate surface area is 99.7 Å². The molecule has 0 saturated heterocycles. The van der Waals surface area contributed by atoms with Gasteiger partial charge in [-0.2, -0.15) is 0 Å². The van der Waals surface area contributed by atoms with E-state index in [1.54, 1.807) is 0 Å². The number of hydrogen-bond donors (Lipinski definition) is 2. The lowest BCUT2D eigenvalue weighted by molar-refractivity contribution is 0.169. The molecule has 0 bridgehead atoms. The average molecular weight is 241 g/mol. The molecule has 3 atom stereocenters. The summed E-state index contributed by atoms with van der Waals surface area (Å²) in [4.78, 5) is 0. The van der Waals surface area contributed by atoms with Crippen LogP contribution < -0.4 is 5.32 Å². The number of nitrogens with one attached hydrogen (secondary N) is 1. The summed E-state index contributed by atoms with van der Waals surface area (Å²) in [5.74, 6) is 0.111. The highest BCUT2D eigenvalue weighted by atomic mass is 19.1. The molecule has 1 aromatic rings. The van der Waals surface area contributed by atoms with Crippen LogP contribution in [-0.2, 0) is 0 Å². The molecule has 3 unspecified atom stereocenters. The molecule has 0 amide bonds. The predicted octanol–water partition coefficient (Wildman–Crippen LogP) is 2.24. The second-order valence-corrected chi connectivity index (χ2v) is 4.81. The van der Waals surface area contributed by atoms with E-state index >= 15 is 0 Å². The maximum absolute atomic E-state index is 13.3. The van der Waals surface area contributed by atoms with Crippen molar-refractivity contribution in [2.75, 3.05) is 13.1 Å². The third kappa shape index (κ3) is 3.23. The van der Waals surface area contributed by atoms with Gasteiger partial charge in [0.25, 0.3) is 0 Å². The zero-order chi connectivity index (χ0) is 12.4. The van der Waals surface area contributed by atoms with Crippen molar-refractivity contribution in [3.05, 3.63) is 35.4 Å². The fourth-order valence-electron chi connectivity index (χ4n) is 1.97. The molecule has 1 aliphatic carbocycles. The zero-order valence-electron chi connectivity index (χ0n) is 9.79. The van der Waals surface area contributed by atoms with Crippen LogP contribution in [0.4, 0.5) is 8.78 Å². The average Bonchev–Trinajstić information content (AvgIpc) is 2.94. The highest BCUT2D eigenvalue weighted by molar-refractivity contribution is 5.21. The van der Waals surface area contributed by atoms with E-state index in [1.165, 1.54) is 12.5 Å². The number of aliphatic hydroxyl groups is 1. The van der Waals surface area contributed by atoms with Crippen LogP contribution in [0.25, 0.3) is 0 Å². The van der Waals surface area contributed by atoms with Crippen LogP contribution in [0.1, 0.15) is 25.0 Å².